The van der Waals surface area contributed by atoms with Crippen LogP contribution in [0.4, 0.5) is 23.4 Å². The molecule has 2 atom stereocenters. The second-order valence-corrected chi connectivity index (χ2v) is 9.67. The van der Waals surface area contributed by atoms with Crippen LogP contribution in [-0.2, 0) is 11.0 Å². The lowest BCUT2D eigenvalue weighted by atomic mass is 9.82. The molecular formula is C28H21BrF4N4O2. The van der Waals surface area contributed by atoms with Crippen LogP contribution in [0.1, 0.15) is 39.9 Å². The van der Waals surface area contributed by atoms with E-state index in [9.17, 15) is 27.2 Å². The van der Waals surface area contributed by atoms with Gasteiger partial charge in [0, 0.05) is 23.6 Å². The Morgan fingerprint density at radius 1 is 1.03 bits per heavy atom. The zero-order valence-corrected chi connectivity index (χ0v) is 22.0. The van der Waals surface area contributed by atoms with E-state index in [4.69, 9.17) is 0 Å². The van der Waals surface area contributed by atoms with Crippen molar-refractivity contribution in [2.75, 3.05) is 11.4 Å². The Balaban J connectivity index is 1.65. The smallest absolute Gasteiger partial charge is 0.339 e. The van der Waals surface area contributed by atoms with Gasteiger partial charge in [0.25, 0.3) is 11.8 Å². The number of alkyl halides is 3. The SMILES string of the molecule is CCN1C(=O)[C@H](NC(=O)c2cccc(C(F)(F)F)c2)[C@H](c2ccc(F)cc2)c2c(Br)nn(-c3ccccc3)c21. The average molecular weight is 601 g/mol. The largest absolute Gasteiger partial charge is 0.416 e. The molecule has 0 spiro atoms. The molecule has 2 amide bonds. The Bertz CT molecular complexity index is 1540. The standard InChI is InChI=1S/C28H21BrF4N4O2/c1-2-36-26-22(24(29)35-37(26)20-9-4-3-5-10-20)21(16-11-13-19(30)14-12-16)23(27(36)39)34-25(38)17-7-6-8-18(15-17)28(31,32)33/h3-15,21,23H,2H2,1H3,(H,34,38)/t21-,23-/m1/s1. The quantitative estimate of drug-likeness (QED) is 0.282. The van der Waals surface area contributed by atoms with Gasteiger partial charge in [-0.15, -0.1) is 0 Å². The third-order valence-corrected chi connectivity index (χ3v) is 7.15. The van der Waals surface area contributed by atoms with Crippen molar-refractivity contribution < 1.29 is 27.2 Å². The molecule has 0 saturated carbocycles. The molecular weight excluding hydrogens is 580 g/mol. The van der Waals surface area contributed by atoms with Crippen molar-refractivity contribution >= 4 is 33.6 Å². The number of hydrogen-bond acceptors (Lipinski definition) is 3. The first kappa shape index (κ1) is 26.6. The van der Waals surface area contributed by atoms with Crippen LogP contribution in [-0.4, -0.2) is 34.2 Å². The Morgan fingerprint density at radius 3 is 2.36 bits per heavy atom. The van der Waals surface area contributed by atoms with E-state index in [0.717, 1.165) is 18.2 Å². The molecule has 2 heterocycles. The minimum Gasteiger partial charge on any atom is -0.339 e. The van der Waals surface area contributed by atoms with Gasteiger partial charge < -0.3 is 5.32 Å². The number of fused-ring (bicyclic) bond motifs is 1. The summed E-state index contributed by atoms with van der Waals surface area (Å²) in [6.07, 6.45) is -4.64. The van der Waals surface area contributed by atoms with Gasteiger partial charge in [0.2, 0.25) is 0 Å². The van der Waals surface area contributed by atoms with Gasteiger partial charge in [-0.3, -0.25) is 14.5 Å². The van der Waals surface area contributed by atoms with Crippen LogP contribution >= 0.6 is 15.9 Å². The molecule has 0 radical (unpaired) electrons. The number of anilines is 1. The fourth-order valence-electron chi connectivity index (χ4n) is 4.79. The Morgan fingerprint density at radius 2 is 1.72 bits per heavy atom. The summed E-state index contributed by atoms with van der Waals surface area (Å²) >= 11 is 3.52. The van der Waals surface area contributed by atoms with Crippen LogP contribution in [0.2, 0.25) is 0 Å². The number of carbonyl (C=O) groups excluding carboxylic acids is 2. The molecule has 0 aliphatic carbocycles. The number of benzene rings is 3. The lowest BCUT2D eigenvalue weighted by Gasteiger charge is -2.38. The fourth-order valence-corrected chi connectivity index (χ4v) is 5.38. The normalized spacial score (nSPS) is 17.2. The molecule has 0 unspecified atom stereocenters. The second kappa shape index (κ2) is 10.3. The zero-order chi connectivity index (χ0) is 27.9. The number of halogens is 5. The van der Waals surface area contributed by atoms with Crippen molar-refractivity contribution in [2.24, 2.45) is 0 Å². The maximum atomic E-state index is 14.0. The molecule has 1 aromatic heterocycles. The highest BCUT2D eigenvalue weighted by molar-refractivity contribution is 9.10. The maximum Gasteiger partial charge on any atom is 0.416 e. The van der Waals surface area contributed by atoms with E-state index < -0.39 is 41.3 Å². The molecule has 1 N–H and O–H groups in total. The van der Waals surface area contributed by atoms with Crippen molar-refractivity contribution in [3.63, 3.8) is 0 Å². The van der Waals surface area contributed by atoms with Gasteiger partial charge in [0.15, 0.2) is 0 Å². The van der Waals surface area contributed by atoms with Gasteiger partial charge >= 0.3 is 6.18 Å². The summed E-state index contributed by atoms with van der Waals surface area (Å²) in [6, 6.07) is 17.4. The van der Waals surface area contributed by atoms with Crippen LogP contribution in [0.5, 0.6) is 0 Å². The number of para-hydroxylation sites is 1. The molecule has 11 heteroatoms. The second-order valence-electron chi connectivity index (χ2n) is 8.92. The average Bonchev–Trinajstić information content (AvgIpc) is 3.26. The first-order valence-corrected chi connectivity index (χ1v) is 12.8. The van der Waals surface area contributed by atoms with E-state index in [1.54, 1.807) is 11.6 Å². The van der Waals surface area contributed by atoms with Gasteiger partial charge in [0.1, 0.15) is 22.3 Å². The summed E-state index contributed by atoms with van der Waals surface area (Å²) in [7, 11) is 0. The molecule has 0 fully saturated rings. The molecule has 39 heavy (non-hydrogen) atoms. The summed E-state index contributed by atoms with van der Waals surface area (Å²) < 4.78 is 55.7. The van der Waals surface area contributed by atoms with Crippen LogP contribution in [0.15, 0.2) is 83.5 Å². The molecule has 200 valence electrons. The first-order valence-electron chi connectivity index (χ1n) is 12.0. The zero-order valence-electron chi connectivity index (χ0n) is 20.4. The van der Waals surface area contributed by atoms with Crippen LogP contribution < -0.4 is 10.2 Å². The minimum absolute atomic E-state index is 0.225. The summed E-state index contributed by atoms with van der Waals surface area (Å²) in [4.78, 5) is 28.7. The molecule has 4 aromatic rings. The molecule has 3 aromatic carbocycles. The molecule has 5 rings (SSSR count). The Hall–Kier alpha value is -3.99. The molecule has 1 aliphatic rings. The van der Waals surface area contributed by atoms with Crippen LogP contribution in [0.25, 0.3) is 5.69 Å². The van der Waals surface area contributed by atoms with Gasteiger partial charge in [-0.1, -0.05) is 36.4 Å². The highest BCUT2D eigenvalue weighted by Crippen LogP contribution is 2.45. The molecule has 0 bridgehead atoms. The van der Waals surface area contributed by atoms with Gasteiger partial charge in [0.05, 0.1) is 11.3 Å². The topological polar surface area (TPSA) is 67.2 Å². The lowest BCUT2D eigenvalue weighted by molar-refractivity contribution is -0.137. The highest BCUT2D eigenvalue weighted by Gasteiger charge is 2.46. The van der Waals surface area contributed by atoms with Gasteiger partial charge in [-0.05, 0) is 70.9 Å². The monoisotopic (exact) mass is 600 g/mol. The fraction of sp³-hybridized carbons (Fsp3) is 0.179. The van der Waals surface area contributed by atoms with E-state index in [0.29, 0.717) is 27.2 Å². The summed E-state index contributed by atoms with van der Waals surface area (Å²) in [6.45, 7) is 1.99. The van der Waals surface area contributed by atoms with Gasteiger partial charge in [-0.25, -0.2) is 9.07 Å². The third-order valence-electron chi connectivity index (χ3n) is 6.57. The number of aromatic nitrogens is 2. The van der Waals surface area contributed by atoms with Gasteiger partial charge in [-0.2, -0.15) is 18.3 Å². The van der Waals surface area contributed by atoms with Crippen molar-refractivity contribution in [2.45, 2.75) is 25.1 Å². The first-order chi connectivity index (χ1) is 18.6. The van der Waals surface area contributed by atoms with Crippen molar-refractivity contribution in [3.05, 3.63) is 112 Å². The van der Waals surface area contributed by atoms with E-state index in [-0.39, 0.29) is 12.1 Å². The van der Waals surface area contributed by atoms with Crippen LogP contribution in [0.3, 0.4) is 0 Å². The maximum absolute atomic E-state index is 14.0. The van der Waals surface area contributed by atoms with E-state index in [1.165, 1.54) is 35.2 Å². The number of amides is 2. The van der Waals surface area contributed by atoms with E-state index in [2.05, 4.69) is 26.3 Å². The molecule has 6 nitrogen and oxygen atoms in total. The number of hydrogen-bond donors (Lipinski definition) is 1. The Labute approximate surface area is 229 Å². The number of rotatable bonds is 5. The van der Waals surface area contributed by atoms with E-state index in [1.807, 2.05) is 30.3 Å². The summed E-state index contributed by atoms with van der Waals surface area (Å²) in [5, 5.41) is 7.29. The molecule has 0 saturated heterocycles. The highest BCUT2D eigenvalue weighted by atomic mass is 79.9. The van der Waals surface area contributed by atoms with E-state index >= 15 is 0 Å². The number of likely N-dealkylation sites (N-methyl/N-ethyl adjacent to an activating group) is 1. The lowest BCUT2D eigenvalue weighted by Crippen LogP contribution is -2.55. The summed E-state index contributed by atoms with van der Waals surface area (Å²) in [5.41, 5.74) is 0.550. The number of carbonyl (C=O) groups is 2. The predicted octanol–water partition coefficient (Wildman–Crippen LogP) is 6.09. The minimum atomic E-state index is -4.64. The molecule has 1 aliphatic heterocycles. The third kappa shape index (κ3) is 4.94. The summed E-state index contributed by atoms with van der Waals surface area (Å²) in [5.74, 6) is -2.17. The predicted molar refractivity (Wildman–Crippen MR) is 140 cm³/mol. The number of nitrogens with zero attached hydrogens (tertiary/aromatic N) is 3. The Kier molecular flexibility index (Phi) is 7.02. The van der Waals surface area contributed by atoms with Crippen LogP contribution in [0, 0.1) is 5.82 Å². The van der Waals surface area contributed by atoms with Crippen molar-refractivity contribution in [3.8, 4) is 5.69 Å². The van der Waals surface area contributed by atoms with Crippen molar-refractivity contribution in [1.82, 2.24) is 15.1 Å². The van der Waals surface area contributed by atoms with Crippen molar-refractivity contribution in [1.29, 1.82) is 0 Å². The number of nitrogens with one attached hydrogen (secondary N) is 1.